The molecule has 1 aliphatic heterocycles. The van der Waals surface area contributed by atoms with E-state index in [1.807, 2.05) is 43.3 Å². The first-order chi connectivity index (χ1) is 13.6. The molecule has 1 aliphatic rings. The molecule has 2 aromatic heterocycles. The summed E-state index contributed by atoms with van der Waals surface area (Å²) in [5, 5.41) is 1.03. The highest BCUT2D eigenvalue weighted by molar-refractivity contribution is 5.94. The number of aryl methyl sites for hydroxylation is 1. The van der Waals surface area contributed by atoms with E-state index in [1.54, 1.807) is 0 Å². The molecule has 0 unspecified atom stereocenters. The molecule has 3 aromatic rings. The average Bonchev–Trinajstić information content (AvgIpc) is 3.35. The first-order valence-corrected chi connectivity index (χ1v) is 9.29. The van der Waals surface area contributed by atoms with Crippen LogP contribution in [0.2, 0.25) is 0 Å². The summed E-state index contributed by atoms with van der Waals surface area (Å²) in [5.41, 5.74) is 2.81. The van der Waals surface area contributed by atoms with Crippen LogP contribution < -0.4 is 0 Å². The third kappa shape index (κ3) is 2.72. The first kappa shape index (κ1) is 18.1. The summed E-state index contributed by atoms with van der Waals surface area (Å²) in [6.45, 7) is 5.62. The fourth-order valence-electron chi connectivity index (χ4n) is 4.01. The van der Waals surface area contributed by atoms with E-state index in [-0.39, 0.29) is 5.91 Å². The van der Waals surface area contributed by atoms with Crippen molar-refractivity contribution in [3.63, 3.8) is 0 Å². The largest absolute Gasteiger partial charge is 0.467 e. The molecule has 1 amide bonds. The van der Waals surface area contributed by atoms with E-state index in [2.05, 4.69) is 11.6 Å². The molecule has 0 fully saturated rings. The molecule has 6 heteroatoms. The number of amides is 1. The Bertz CT molecular complexity index is 1060. The van der Waals surface area contributed by atoms with Crippen LogP contribution in [0, 0.1) is 0 Å². The third-order valence-electron chi connectivity index (χ3n) is 5.33. The van der Waals surface area contributed by atoms with Gasteiger partial charge in [0.05, 0.1) is 12.8 Å². The molecule has 0 spiro atoms. The molecule has 1 aromatic carbocycles. The number of esters is 1. The lowest BCUT2D eigenvalue weighted by molar-refractivity contribution is -0.153. The van der Waals surface area contributed by atoms with Crippen molar-refractivity contribution in [2.24, 2.45) is 0 Å². The second-order valence-corrected chi connectivity index (χ2v) is 6.82. The monoisotopic (exact) mass is 378 g/mol. The number of aromatic amines is 1. The molecular weight excluding hydrogens is 356 g/mol. The van der Waals surface area contributed by atoms with E-state index in [0.29, 0.717) is 12.2 Å². The molecule has 144 valence electrons. The van der Waals surface area contributed by atoms with Crippen LogP contribution in [0.15, 0.2) is 53.5 Å². The first-order valence-electron chi connectivity index (χ1n) is 9.29. The summed E-state index contributed by atoms with van der Waals surface area (Å²) in [7, 11) is 1.33. The predicted molar refractivity (Wildman–Crippen MR) is 105 cm³/mol. The van der Waals surface area contributed by atoms with Crippen molar-refractivity contribution in [1.29, 1.82) is 0 Å². The molecule has 4 rings (SSSR count). The van der Waals surface area contributed by atoms with E-state index >= 15 is 0 Å². The number of nitrogens with one attached hydrogen (secondary N) is 1. The van der Waals surface area contributed by atoms with Crippen LogP contribution in [0.1, 0.15) is 35.7 Å². The standard InChI is InChI=1S/C22H22N2O4/c1-4-13-10-11-18(28-13)21-20-15(14-8-6-7-9-16(14)23-20)12-17(22(26)27-3)24(21)19(25)5-2/h5-11,17,21,23H,2,4,12H2,1,3H3/t17-,21-/m0/s1. The average molecular weight is 378 g/mol. The number of rotatable bonds is 4. The molecule has 2 atom stereocenters. The van der Waals surface area contributed by atoms with Gasteiger partial charge in [0.2, 0.25) is 5.91 Å². The lowest BCUT2D eigenvalue weighted by Crippen LogP contribution is -2.51. The molecule has 0 saturated carbocycles. The number of carbonyl (C=O) groups is 2. The van der Waals surface area contributed by atoms with Gasteiger partial charge in [-0.3, -0.25) is 4.79 Å². The second kappa shape index (κ2) is 7.03. The zero-order valence-corrected chi connectivity index (χ0v) is 15.9. The van der Waals surface area contributed by atoms with Crippen LogP contribution in [0.5, 0.6) is 0 Å². The second-order valence-electron chi connectivity index (χ2n) is 6.82. The van der Waals surface area contributed by atoms with Crippen LogP contribution in [-0.4, -0.2) is 34.9 Å². The Morgan fingerprint density at radius 2 is 2.11 bits per heavy atom. The Morgan fingerprint density at radius 1 is 1.32 bits per heavy atom. The van der Waals surface area contributed by atoms with Crippen LogP contribution >= 0.6 is 0 Å². The van der Waals surface area contributed by atoms with Gasteiger partial charge in [0.25, 0.3) is 0 Å². The Labute approximate surface area is 162 Å². The van der Waals surface area contributed by atoms with Gasteiger partial charge in [-0.1, -0.05) is 31.7 Å². The maximum atomic E-state index is 12.8. The molecule has 3 heterocycles. The highest BCUT2D eigenvalue weighted by Gasteiger charge is 2.44. The summed E-state index contributed by atoms with van der Waals surface area (Å²) in [4.78, 5) is 30.4. The number of benzene rings is 1. The van der Waals surface area contributed by atoms with Crippen molar-refractivity contribution < 1.29 is 18.7 Å². The van der Waals surface area contributed by atoms with Gasteiger partial charge in [0.15, 0.2) is 0 Å². The lowest BCUT2D eigenvalue weighted by atomic mass is 9.90. The Balaban J connectivity index is 1.97. The summed E-state index contributed by atoms with van der Waals surface area (Å²) in [5.74, 6) is 0.616. The minimum Gasteiger partial charge on any atom is -0.467 e. The van der Waals surface area contributed by atoms with Crippen LogP contribution in [0.3, 0.4) is 0 Å². The predicted octanol–water partition coefficient (Wildman–Crippen LogP) is 3.53. The number of furan rings is 1. The Kier molecular flexibility index (Phi) is 4.55. The zero-order valence-electron chi connectivity index (χ0n) is 15.9. The fourth-order valence-corrected chi connectivity index (χ4v) is 4.01. The van der Waals surface area contributed by atoms with Crippen molar-refractivity contribution in [2.45, 2.75) is 31.8 Å². The minimum atomic E-state index is -0.762. The normalized spacial score (nSPS) is 18.7. The summed E-state index contributed by atoms with van der Waals surface area (Å²) in [6.07, 6.45) is 2.33. The maximum Gasteiger partial charge on any atom is 0.328 e. The molecule has 1 N–H and O–H groups in total. The van der Waals surface area contributed by atoms with Crippen molar-refractivity contribution >= 4 is 22.8 Å². The molecule has 0 saturated heterocycles. The molecule has 0 bridgehead atoms. The number of carbonyl (C=O) groups excluding carboxylic acids is 2. The number of hydrogen-bond acceptors (Lipinski definition) is 4. The number of fused-ring (bicyclic) bond motifs is 3. The van der Waals surface area contributed by atoms with Crippen molar-refractivity contribution in [2.75, 3.05) is 7.11 Å². The number of aromatic nitrogens is 1. The summed E-state index contributed by atoms with van der Waals surface area (Å²) >= 11 is 0. The van der Waals surface area contributed by atoms with E-state index in [4.69, 9.17) is 9.15 Å². The summed E-state index contributed by atoms with van der Waals surface area (Å²) < 4.78 is 11.0. The van der Waals surface area contributed by atoms with Crippen LogP contribution in [0.25, 0.3) is 10.9 Å². The van der Waals surface area contributed by atoms with Gasteiger partial charge < -0.3 is 19.0 Å². The number of ether oxygens (including phenoxy) is 1. The Hall–Kier alpha value is -3.28. The number of methoxy groups -OCH3 is 1. The molecule has 0 radical (unpaired) electrons. The van der Waals surface area contributed by atoms with E-state index in [1.165, 1.54) is 18.1 Å². The van der Waals surface area contributed by atoms with Gasteiger partial charge in [0, 0.05) is 23.7 Å². The van der Waals surface area contributed by atoms with E-state index < -0.39 is 18.1 Å². The topological polar surface area (TPSA) is 75.5 Å². The van der Waals surface area contributed by atoms with Crippen molar-refractivity contribution in [1.82, 2.24) is 9.88 Å². The van der Waals surface area contributed by atoms with E-state index in [0.717, 1.165) is 34.3 Å². The molecule has 6 nitrogen and oxygen atoms in total. The fraction of sp³-hybridized carbons (Fsp3) is 0.273. The van der Waals surface area contributed by atoms with Gasteiger partial charge in [-0.2, -0.15) is 0 Å². The highest BCUT2D eigenvalue weighted by Crippen LogP contribution is 2.41. The van der Waals surface area contributed by atoms with Crippen LogP contribution in [-0.2, 0) is 27.2 Å². The van der Waals surface area contributed by atoms with Crippen molar-refractivity contribution in [3.05, 3.63) is 71.8 Å². The molecular formula is C22H22N2O4. The zero-order chi connectivity index (χ0) is 19.8. The minimum absolute atomic E-state index is 0.348. The van der Waals surface area contributed by atoms with Crippen molar-refractivity contribution in [3.8, 4) is 0 Å². The van der Waals surface area contributed by atoms with Gasteiger partial charge in [-0.05, 0) is 29.8 Å². The SMILES string of the molecule is C=CC(=O)N1[C@@H](c2ccc(CC)o2)c2[nH]c3ccccc3c2C[C@H]1C(=O)OC. The number of para-hydroxylation sites is 1. The smallest absolute Gasteiger partial charge is 0.328 e. The molecule has 0 aliphatic carbocycles. The van der Waals surface area contributed by atoms with Gasteiger partial charge in [-0.15, -0.1) is 0 Å². The number of hydrogen-bond donors (Lipinski definition) is 1. The Morgan fingerprint density at radius 3 is 2.79 bits per heavy atom. The number of H-pyrrole nitrogens is 1. The van der Waals surface area contributed by atoms with E-state index in [9.17, 15) is 9.59 Å². The van der Waals surface area contributed by atoms with Gasteiger partial charge >= 0.3 is 5.97 Å². The van der Waals surface area contributed by atoms with Gasteiger partial charge in [0.1, 0.15) is 23.6 Å². The van der Waals surface area contributed by atoms with Crippen LogP contribution in [0.4, 0.5) is 0 Å². The highest BCUT2D eigenvalue weighted by atomic mass is 16.5. The lowest BCUT2D eigenvalue weighted by Gasteiger charge is -2.39. The third-order valence-corrected chi connectivity index (χ3v) is 5.33. The summed E-state index contributed by atoms with van der Waals surface area (Å²) in [6, 6.07) is 10.3. The maximum absolute atomic E-state index is 12.8. The molecule has 28 heavy (non-hydrogen) atoms. The van der Waals surface area contributed by atoms with Gasteiger partial charge in [-0.25, -0.2) is 4.79 Å². The number of nitrogens with zero attached hydrogens (tertiary/aromatic N) is 1. The quantitative estimate of drug-likeness (QED) is 0.557.